The average Bonchev–Trinajstić information content (AvgIpc) is 3.12. The average molecular weight is 896 g/mol. The highest BCUT2D eigenvalue weighted by molar-refractivity contribution is 9.10. The maximum absolute atomic E-state index is 14.8. The zero-order valence-corrected chi connectivity index (χ0v) is 36.3. The normalized spacial score (nSPS) is 17.4. The minimum atomic E-state index is -1.95. The van der Waals surface area contributed by atoms with E-state index in [0.29, 0.717) is 48.2 Å². The molecule has 0 aromatic heterocycles. The van der Waals surface area contributed by atoms with Crippen molar-refractivity contribution in [3.8, 4) is 5.75 Å². The third kappa shape index (κ3) is 10.9. The van der Waals surface area contributed by atoms with Crippen LogP contribution in [-0.2, 0) is 27.1 Å². The topological polar surface area (TPSA) is 88.6 Å². The number of hydrogen-bond donors (Lipinski definition) is 0. The molecule has 0 radical (unpaired) electrons. The Labute approximate surface area is 352 Å². The van der Waals surface area contributed by atoms with E-state index < -0.39 is 39.3 Å². The number of fused-ring (bicyclic) bond motifs is 2. The molecule has 5 rings (SSSR count). The highest BCUT2D eigenvalue weighted by atomic mass is 79.9. The third-order valence-electron chi connectivity index (χ3n) is 9.76. The van der Waals surface area contributed by atoms with Gasteiger partial charge in [-0.05, 0) is 111 Å². The Kier molecular flexibility index (Phi) is 14.0. The van der Waals surface area contributed by atoms with Crippen molar-refractivity contribution in [1.29, 1.82) is 0 Å². The number of ether oxygens (including phenoxy) is 3. The maximum Gasteiger partial charge on any atom is 0.411 e. The van der Waals surface area contributed by atoms with Gasteiger partial charge in [0.05, 0.1) is 23.2 Å². The first-order valence-corrected chi connectivity index (χ1v) is 20.4. The molecule has 9 nitrogen and oxygen atoms in total. The molecule has 0 saturated carbocycles. The minimum Gasteiger partial charge on any atom is -0.492 e. The Morgan fingerprint density at radius 1 is 0.875 bits per heavy atom. The van der Waals surface area contributed by atoms with Crippen molar-refractivity contribution in [2.45, 2.75) is 87.4 Å². The predicted octanol–water partition coefficient (Wildman–Crippen LogP) is 10.0. The number of piperazine rings is 1. The summed E-state index contributed by atoms with van der Waals surface area (Å²) in [5, 5.41) is 0. The predicted molar refractivity (Wildman–Crippen MR) is 222 cm³/mol. The fourth-order valence-electron chi connectivity index (χ4n) is 6.70. The second-order valence-electron chi connectivity index (χ2n) is 15.6. The van der Waals surface area contributed by atoms with Crippen LogP contribution in [0.3, 0.4) is 0 Å². The van der Waals surface area contributed by atoms with Gasteiger partial charge in [-0.3, -0.25) is 9.69 Å². The van der Waals surface area contributed by atoms with Crippen LogP contribution in [0, 0.1) is 5.82 Å². The number of likely N-dealkylation sites (N-methyl/N-ethyl adjacent to an activating group) is 1. The van der Waals surface area contributed by atoms with E-state index in [1.807, 2.05) is 54.6 Å². The number of nitrogens with zero attached hydrogens (tertiary/aromatic N) is 3. The first-order chi connectivity index (χ1) is 26.2. The van der Waals surface area contributed by atoms with Gasteiger partial charge in [-0.15, -0.1) is 0 Å². The summed E-state index contributed by atoms with van der Waals surface area (Å²) in [5.41, 5.74) is 1.80. The van der Waals surface area contributed by atoms with Crippen LogP contribution in [0.2, 0.25) is 0 Å². The van der Waals surface area contributed by atoms with E-state index >= 15 is 0 Å². The van der Waals surface area contributed by atoms with Crippen molar-refractivity contribution in [2.75, 3.05) is 33.3 Å². The number of benzene rings is 3. The Morgan fingerprint density at radius 3 is 2.18 bits per heavy atom. The molecule has 2 bridgehead atoms. The largest absolute Gasteiger partial charge is 0.492 e. The van der Waals surface area contributed by atoms with E-state index in [2.05, 4.69) is 15.9 Å². The summed E-state index contributed by atoms with van der Waals surface area (Å²) in [4.78, 5) is 47.2. The number of halogens is 5. The van der Waals surface area contributed by atoms with Crippen LogP contribution in [0.5, 0.6) is 5.75 Å². The lowest BCUT2D eigenvalue weighted by Gasteiger charge is -2.51. The van der Waals surface area contributed by atoms with E-state index in [-0.39, 0.29) is 31.2 Å². The van der Waals surface area contributed by atoms with Crippen LogP contribution in [0.4, 0.5) is 14.0 Å². The molecule has 0 N–H and O–H groups in total. The molecule has 14 heteroatoms. The number of amides is 3. The lowest BCUT2D eigenvalue weighted by Crippen LogP contribution is -2.66. The number of carbonyl (C=O) groups is 3. The zero-order chi connectivity index (χ0) is 41.0. The molecule has 3 aromatic carbocycles. The highest BCUT2D eigenvalue weighted by Gasteiger charge is 2.52. The van der Waals surface area contributed by atoms with Gasteiger partial charge in [0.15, 0.2) is 5.60 Å². The summed E-state index contributed by atoms with van der Waals surface area (Å²) in [6.07, 6.45) is 0.929. The van der Waals surface area contributed by atoms with Crippen LogP contribution >= 0.6 is 50.7 Å². The van der Waals surface area contributed by atoms with Crippen molar-refractivity contribution in [3.63, 3.8) is 0 Å². The third-order valence-corrected chi connectivity index (χ3v) is 11.8. The summed E-state index contributed by atoms with van der Waals surface area (Å²) in [6.45, 7) is 9.26. The molecule has 302 valence electrons. The molecule has 2 heterocycles. The zero-order valence-electron chi connectivity index (χ0n) is 32.4. The number of alkyl halides is 3. The number of hydrogen-bond acceptors (Lipinski definition) is 6. The number of rotatable bonds is 11. The molecule has 3 aromatic rings. The molecule has 3 amide bonds. The van der Waals surface area contributed by atoms with Crippen LogP contribution in [-0.4, -0.2) is 93.2 Å². The second kappa shape index (κ2) is 18.0. The molecular weight excluding hydrogens is 848 g/mol. The summed E-state index contributed by atoms with van der Waals surface area (Å²) in [6, 6.07) is 20.7. The van der Waals surface area contributed by atoms with Crippen LogP contribution in [0.25, 0.3) is 5.57 Å². The Balaban J connectivity index is 1.48. The summed E-state index contributed by atoms with van der Waals surface area (Å²) in [7, 11) is 1.73. The fourth-order valence-corrected chi connectivity index (χ4v) is 7.18. The molecule has 0 aliphatic carbocycles. The van der Waals surface area contributed by atoms with Crippen LogP contribution in [0.1, 0.15) is 64.2 Å². The van der Waals surface area contributed by atoms with Crippen molar-refractivity contribution in [1.82, 2.24) is 14.7 Å². The SMILES string of the molecule is CN(CCc1ccccc1)C(=O)C1=C(c2ccc(CCCOc3cc(F)ccc3Br)cc2)C[C@@H]2CN(C(=O)OC(C)(C)C)C[C@H]1N2C(=O)OC(C)(C)C(Cl)(Cl)Cl. The summed E-state index contributed by atoms with van der Waals surface area (Å²) < 4.78 is 29.9. The van der Waals surface area contributed by atoms with Gasteiger partial charge in [-0.1, -0.05) is 89.4 Å². The Bertz CT molecular complexity index is 1920. The second-order valence-corrected chi connectivity index (χ2v) is 18.8. The molecule has 0 unspecified atom stereocenters. The lowest BCUT2D eigenvalue weighted by molar-refractivity contribution is -0.127. The first-order valence-electron chi connectivity index (χ1n) is 18.5. The van der Waals surface area contributed by atoms with Gasteiger partial charge in [-0.25, -0.2) is 14.0 Å². The molecular formula is C42H48BrCl3FN3O6. The molecule has 0 spiro atoms. The van der Waals surface area contributed by atoms with Crippen molar-refractivity contribution >= 4 is 74.4 Å². The number of aryl methyl sites for hydroxylation is 1. The van der Waals surface area contributed by atoms with Gasteiger partial charge in [0, 0.05) is 38.3 Å². The van der Waals surface area contributed by atoms with Gasteiger partial charge in [0.1, 0.15) is 17.2 Å². The monoisotopic (exact) mass is 893 g/mol. The van der Waals surface area contributed by atoms with E-state index in [4.69, 9.17) is 49.0 Å². The van der Waals surface area contributed by atoms with Gasteiger partial charge >= 0.3 is 12.2 Å². The molecule has 1 saturated heterocycles. The van der Waals surface area contributed by atoms with Crippen LogP contribution < -0.4 is 4.74 Å². The molecule has 2 aliphatic rings. The van der Waals surface area contributed by atoms with Crippen molar-refractivity contribution in [2.24, 2.45) is 0 Å². The molecule has 56 heavy (non-hydrogen) atoms. The maximum atomic E-state index is 14.8. The van der Waals surface area contributed by atoms with Crippen LogP contribution in [0.15, 0.2) is 82.8 Å². The number of carbonyl (C=O) groups excluding carboxylic acids is 3. The summed E-state index contributed by atoms with van der Waals surface area (Å²) >= 11 is 22.1. The Morgan fingerprint density at radius 2 is 1.54 bits per heavy atom. The minimum absolute atomic E-state index is 0.0225. The van der Waals surface area contributed by atoms with Crippen molar-refractivity contribution < 1.29 is 33.0 Å². The molecule has 2 aliphatic heterocycles. The quantitative estimate of drug-likeness (QED) is 0.141. The standard InChI is InChI=1S/C42H48BrCl3FN3O6/c1-40(2,3)55-38(52)49-25-31-24-32(29-16-14-28(15-17-29)13-10-22-54-35-23-30(47)18-19-33(35)43)36(37(51)48(6)21-20-27-11-8-7-9-12-27)34(26-49)50(31)39(53)56-41(4,5)42(44,45)46/h7-9,11-12,14-19,23,31,34H,10,13,20-22,24-26H2,1-6H3/t31-,34-/m1/s1. The Hall–Kier alpha value is -3.51. The molecule has 2 atom stereocenters. The molecule has 1 fully saturated rings. The van der Waals surface area contributed by atoms with Gasteiger partial charge in [-0.2, -0.15) is 0 Å². The van der Waals surface area contributed by atoms with Gasteiger partial charge in [0.25, 0.3) is 5.91 Å². The smallest absolute Gasteiger partial charge is 0.411 e. The van der Waals surface area contributed by atoms with E-state index in [1.54, 1.807) is 43.7 Å². The van der Waals surface area contributed by atoms with E-state index in [9.17, 15) is 18.8 Å². The highest BCUT2D eigenvalue weighted by Crippen LogP contribution is 2.44. The van der Waals surface area contributed by atoms with Crippen molar-refractivity contribution in [3.05, 3.63) is 105 Å². The van der Waals surface area contributed by atoms with E-state index in [0.717, 1.165) is 22.3 Å². The van der Waals surface area contributed by atoms with Gasteiger partial charge < -0.3 is 24.0 Å². The fraction of sp³-hybridized carbons (Fsp3) is 0.452. The van der Waals surface area contributed by atoms with Gasteiger partial charge in [0.2, 0.25) is 3.79 Å². The summed E-state index contributed by atoms with van der Waals surface area (Å²) in [5.74, 6) is -0.210. The first kappa shape index (κ1) is 43.6. The van der Waals surface area contributed by atoms with E-state index in [1.165, 1.54) is 30.9 Å². The lowest BCUT2D eigenvalue weighted by atomic mass is 9.81.